The molecule has 0 aliphatic carbocycles. The lowest BCUT2D eigenvalue weighted by Gasteiger charge is -2.22. The highest BCUT2D eigenvalue weighted by atomic mass is 35.5. The molecule has 0 unspecified atom stereocenters. The number of amides is 1. The van der Waals surface area contributed by atoms with Gasteiger partial charge in [-0.2, -0.15) is 0 Å². The van der Waals surface area contributed by atoms with Crippen LogP contribution in [0.3, 0.4) is 0 Å². The molecule has 1 aromatic rings. The summed E-state index contributed by atoms with van der Waals surface area (Å²) in [4.78, 5) is 11.8. The zero-order chi connectivity index (χ0) is 12.3. The highest BCUT2D eigenvalue weighted by Crippen LogP contribution is 2.19. The van der Waals surface area contributed by atoms with Gasteiger partial charge in [0.1, 0.15) is 5.82 Å². The molecular weight excluding hydrogens is 278 g/mol. The van der Waals surface area contributed by atoms with E-state index in [4.69, 9.17) is 11.6 Å². The topological polar surface area (TPSA) is 41.1 Å². The monoisotopic (exact) mass is 292 g/mol. The third-order valence-corrected chi connectivity index (χ3v) is 3.05. The van der Waals surface area contributed by atoms with Gasteiger partial charge in [-0.05, 0) is 37.6 Å². The predicted octanol–water partition coefficient (Wildman–Crippen LogP) is 2.98. The normalized spacial score (nSPS) is 18.9. The van der Waals surface area contributed by atoms with Gasteiger partial charge in [-0.3, -0.25) is 4.79 Å². The maximum absolute atomic E-state index is 13.5. The Bertz CT molecular complexity index is 423. The second-order valence-electron chi connectivity index (χ2n) is 4.12. The van der Waals surface area contributed by atoms with E-state index in [0.29, 0.717) is 5.02 Å². The van der Waals surface area contributed by atoms with Crippen molar-refractivity contribution in [1.29, 1.82) is 0 Å². The van der Waals surface area contributed by atoms with E-state index in [9.17, 15) is 9.18 Å². The molecule has 18 heavy (non-hydrogen) atoms. The number of nitrogens with one attached hydrogen (secondary N) is 2. The predicted molar refractivity (Wildman–Crippen MR) is 72.9 cm³/mol. The molecule has 0 spiro atoms. The Morgan fingerprint density at radius 2 is 2.22 bits per heavy atom. The summed E-state index contributed by atoms with van der Waals surface area (Å²) in [5.74, 6) is -0.701. The van der Waals surface area contributed by atoms with Crippen LogP contribution in [0.5, 0.6) is 0 Å². The van der Waals surface area contributed by atoms with Crippen molar-refractivity contribution < 1.29 is 9.18 Å². The molecule has 2 N–H and O–H groups in total. The lowest BCUT2D eigenvalue weighted by Crippen LogP contribution is -2.43. The van der Waals surface area contributed by atoms with E-state index in [1.165, 1.54) is 12.1 Å². The van der Waals surface area contributed by atoms with Gasteiger partial charge in [0.15, 0.2) is 0 Å². The summed E-state index contributed by atoms with van der Waals surface area (Å²) >= 11 is 5.64. The molecule has 0 aromatic heterocycles. The van der Waals surface area contributed by atoms with Crippen LogP contribution in [0, 0.1) is 5.82 Å². The van der Waals surface area contributed by atoms with E-state index >= 15 is 0 Å². The Kier molecular flexibility index (Phi) is 5.85. The molecule has 1 atom stereocenters. The minimum absolute atomic E-state index is 0. The van der Waals surface area contributed by atoms with E-state index in [2.05, 4.69) is 10.6 Å². The molecule has 6 heteroatoms. The Balaban J connectivity index is 0.00000162. The van der Waals surface area contributed by atoms with E-state index in [-0.39, 0.29) is 30.0 Å². The van der Waals surface area contributed by atoms with Crippen molar-refractivity contribution in [2.24, 2.45) is 0 Å². The van der Waals surface area contributed by atoms with Crippen LogP contribution in [0.1, 0.15) is 19.3 Å². The summed E-state index contributed by atoms with van der Waals surface area (Å²) in [7, 11) is 0. The summed E-state index contributed by atoms with van der Waals surface area (Å²) in [5, 5.41) is 6.00. The highest BCUT2D eigenvalue weighted by molar-refractivity contribution is 6.30. The van der Waals surface area contributed by atoms with Gasteiger partial charge in [-0.15, -0.1) is 12.4 Å². The van der Waals surface area contributed by atoms with Crippen LogP contribution in [-0.4, -0.2) is 18.5 Å². The lowest BCUT2D eigenvalue weighted by molar-refractivity contribution is -0.118. The molecule has 2 rings (SSSR count). The van der Waals surface area contributed by atoms with E-state index in [1.54, 1.807) is 6.07 Å². The van der Waals surface area contributed by atoms with Crippen LogP contribution in [0.2, 0.25) is 5.02 Å². The van der Waals surface area contributed by atoms with Gasteiger partial charge < -0.3 is 10.6 Å². The summed E-state index contributed by atoms with van der Waals surface area (Å²) in [6.07, 6.45) is 2.90. The number of anilines is 1. The first-order valence-electron chi connectivity index (χ1n) is 5.66. The number of hydrogen-bond donors (Lipinski definition) is 2. The summed E-state index contributed by atoms with van der Waals surface area (Å²) in [6.45, 7) is 0.835. The fourth-order valence-electron chi connectivity index (χ4n) is 1.89. The standard InChI is InChI=1S/C12H14ClFN2O.ClH/c13-8-4-5-10(9(14)7-8)16-12(17)11-3-1-2-6-15-11;/h4-5,7,11,15H,1-3,6H2,(H,16,17);1H/t11-;/m1./s1. The first-order valence-corrected chi connectivity index (χ1v) is 6.04. The van der Waals surface area contributed by atoms with Gasteiger partial charge in [-0.1, -0.05) is 18.0 Å². The smallest absolute Gasteiger partial charge is 0.241 e. The SMILES string of the molecule is Cl.O=C(Nc1ccc(Cl)cc1F)[C@H]1CCCCN1. The highest BCUT2D eigenvalue weighted by Gasteiger charge is 2.21. The lowest BCUT2D eigenvalue weighted by atomic mass is 10.0. The second kappa shape index (κ2) is 6.92. The van der Waals surface area contributed by atoms with Gasteiger partial charge in [-0.25, -0.2) is 4.39 Å². The fourth-order valence-corrected chi connectivity index (χ4v) is 2.05. The van der Waals surface area contributed by atoms with Crippen LogP contribution in [-0.2, 0) is 4.79 Å². The first-order chi connectivity index (χ1) is 8.16. The largest absolute Gasteiger partial charge is 0.322 e. The molecule has 1 fully saturated rings. The minimum atomic E-state index is -0.512. The third kappa shape index (κ3) is 3.83. The van der Waals surface area contributed by atoms with Crippen molar-refractivity contribution in [3.63, 3.8) is 0 Å². The van der Waals surface area contributed by atoms with Crippen LogP contribution in [0.4, 0.5) is 10.1 Å². The van der Waals surface area contributed by atoms with Gasteiger partial charge in [0.25, 0.3) is 0 Å². The number of carbonyl (C=O) groups excluding carboxylic acids is 1. The Morgan fingerprint density at radius 1 is 1.44 bits per heavy atom. The van der Waals surface area contributed by atoms with E-state index in [0.717, 1.165) is 25.8 Å². The molecule has 1 aromatic carbocycles. The number of halogens is 3. The zero-order valence-electron chi connectivity index (χ0n) is 9.71. The molecule has 0 radical (unpaired) electrons. The van der Waals surface area contributed by atoms with Crippen LogP contribution in [0.25, 0.3) is 0 Å². The van der Waals surface area contributed by atoms with Crippen LogP contribution in [0.15, 0.2) is 18.2 Å². The third-order valence-electron chi connectivity index (χ3n) is 2.82. The second-order valence-corrected chi connectivity index (χ2v) is 4.55. The molecule has 1 aliphatic rings. The first kappa shape index (κ1) is 15.2. The van der Waals surface area contributed by atoms with Crippen LogP contribution < -0.4 is 10.6 Å². The van der Waals surface area contributed by atoms with Crippen molar-refractivity contribution in [3.05, 3.63) is 29.0 Å². The molecule has 3 nitrogen and oxygen atoms in total. The Labute approximate surface area is 116 Å². The number of carbonyl (C=O) groups is 1. The molecule has 1 heterocycles. The average molecular weight is 293 g/mol. The molecule has 1 aliphatic heterocycles. The number of hydrogen-bond acceptors (Lipinski definition) is 2. The van der Waals surface area contributed by atoms with Crippen molar-refractivity contribution in [3.8, 4) is 0 Å². The number of rotatable bonds is 2. The molecule has 1 amide bonds. The van der Waals surface area contributed by atoms with Crippen molar-refractivity contribution in [2.45, 2.75) is 25.3 Å². The Hall–Kier alpha value is -0.840. The number of benzene rings is 1. The summed E-state index contributed by atoms with van der Waals surface area (Å²) in [5.41, 5.74) is 0.173. The van der Waals surface area contributed by atoms with Gasteiger partial charge >= 0.3 is 0 Å². The zero-order valence-corrected chi connectivity index (χ0v) is 11.3. The maximum Gasteiger partial charge on any atom is 0.241 e. The van der Waals surface area contributed by atoms with E-state index in [1.807, 2.05) is 0 Å². The van der Waals surface area contributed by atoms with Crippen molar-refractivity contribution in [2.75, 3.05) is 11.9 Å². The molecular formula is C12H15Cl2FN2O. The summed E-state index contributed by atoms with van der Waals surface area (Å²) < 4.78 is 13.5. The molecule has 0 bridgehead atoms. The van der Waals surface area contributed by atoms with Gasteiger partial charge in [0, 0.05) is 5.02 Å². The van der Waals surface area contributed by atoms with Crippen molar-refractivity contribution in [1.82, 2.24) is 5.32 Å². The summed E-state index contributed by atoms with van der Waals surface area (Å²) in [6, 6.07) is 3.98. The molecule has 100 valence electrons. The molecule has 0 saturated carbocycles. The number of piperidine rings is 1. The fraction of sp³-hybridized carbons (Fsp3) is 0.417. The maximum atomic E-state index is 13.5. The average Bonchev–Trinajstić information content (AvgIpc) is 2.34. The quantitative estimate of drug-likeness (QED) is 0.880. The van der Waals surface area contributed by atoms with Gasteiger partial charge in [0.2, 0.25) is 5.91 Å². The van der Waals surface area contributed by atoms with Crippen LogP contribution >= 0.6 is 24.0 Å². The molecule has 1 saturated heterocycles. The minimum Gasteiger partial charge on any atom is -0.322 e. The van der Waals surface area contributed by atoms with Gasteiger partial charge in [0.05, 0.1) is 11.7 Å². The van der Waals surface area contributed by atoms with Crippen molar-refractivity contribution >= 4 is 35.6 Å². The Morgan fingerprint density at radius 3 is 2.83 bits per heavy atom. The van der Waals surface area contributed by atoms with E-state index < -0.39 is 5.82 Å².